The van der Waals surface area contributed by atoms with Gasteiger partial charge in [-0.05, 0) is 43.4 Å². The Labute approximate surface area is 162 Å². The van der Waals surface area contributed by atoms with Gasteiger partial charge in [-0.15, -0.1) is 10.2 Å². The average Bonchev–Trinajstić information content (AvgIpc) is 3.09. The van der Waals surface area contributed by atoms with E-state index in [4.69, 9.17) is 5.73 Å². The highest BCUT2D eigenvalue weighted by Crippen LogP contribution is 2.30. The Kier molecular flexibility index (Phi) is 4.18. The molecule has 1 aromatic carbocycles. The molecule has 1 aliphatic heterocycles. The van der Waals surface area contributed by atoms with Gasteiger partial charge >= 0.3 is 0 Å². The summed E-state index contributed by atoms with van der Waals surface area (Å²) in [6.07, 6.45) is 4.85. The highest BCUT2D eigenvalue weighted by Gasteiger charge is 2.26. The maximum Gasteiger partial charge on any atom is 0.222 e. The Hall–Kier alpha value is -3.03. The molecule has 3 heterocycles. The Morgan fingerprint density at radius 1 is 1.07 bits per heavy atom. The summed E-state index contributed by atoms with van der Waals surface area (Å²) in [6.45, 7) is 2.22. The van der Waals surface area contributed by atoms with Gasteiger partial charge < -0.3 is 15.2 Å². The fourth-order valence-corrected chi connectivity index (χ4v) is 4.21. The summed E-state index contributed by atoms with van der Waals surface area (Å²) in [5.74, 6) is 2.83. The van der Waals surface area contributed by atoms with Crippen molar-refractivity contribution in [3.63, 3.8) is 0 Å². The number of benzene rings is 1. The van der Waals surface area contributed by atoms with E-state index in [9.17, 15) is 4.39 Å². The summed E-state index contributed by atoms with van der Waals surface area (Å²) in [4.78, 5) is 11.2. The molecule has 2 aromatic heterocycles. The highest BCUT2D eigenvalue weighted by atomic mass is 19.1. The average molecular weight is 379 g/mol. The fourth-order valence-electron chi connectivity index (χ4n) is 4.21. The van der Waals surface area contributed by atoms with E-state index < -0.39 is 0 Å². The summed E-state index contributed by atoms with van der Waals surface area (Å²) >= 11 is 0. The lowest BCUT2D eigenvalue weighted by Gasteiger charge is -2.31. The SMILES string of the molecule is Nc1nc2c(c(N3CCn4c(Cc5cccc(F)c5)nnc4C3)n1)CCCC2. The standard InChI is InChI=1S/C20H22FN7/c21-14-5-3-4-13(10-14)11-17-25-26-18-12-27(8-9-28(17)18)19-15-6-1-2-7-16(15)23-20(22)24-19/h3-5,10H,1-2,6-9,11-12H2,(H2,22,23,24). The van der Waals surface area contributed by atoms with Crippen molar-refractivity contribution in [2.75, 3.05) is 17.2 Å². The molecule has 0 unspecified atom stereocenters. The highest BCUT2D eigenvalue weighted by molar-refractivity contribution is 5.53. The van der Waals surface area contributed by atoms with Crippen LogP contribution in [0.5, 0.6) is 0 Å². The number of rotatable bonds is 3. The fraction of sp³-hybridized carbons (Fsp3) is 0.400. The molecule has 28 heavy (non-hydrogen) atoms. The number of anilines is 2. The van der Waals surface area contributed by atoms with Gasteiger partial charge in [0.25, 0.3) is 0 Å². The third-order valence-corrected chi connectivity index (χ3v) is 5.56. The molecule has 144 valence electrons. The van der Waals surface area contributed by atoms with E-state index in [1.54, 1.807) is 12.1 Å². The topological polar surface area (TPSA) is 85.8 Å². The third kappa shape index (κ3) is 3.08. The lowest BCUT2D eigenvalue weighted by Crippen LogP contribution is -2.36. The van der Waals surface area contributed by atoms with E-state index in [1.807, 2.05) is 6.07 Å². The first-order valence-electron chi connectivity index (χ1n) is 9.73. The molecule has 5 rings (SSSR count). The monoisotopic (exact) mass is 379 g/mol. The molecule has 2 N–H and O–H groups in total. The van der Waals surface area contributed by atoms with Gasteiger partial charge in [-0.2, -0.15) is 4.98 Å². The second-order valence-corrected chi connectivity index (χ2v) is 7.45. The first-order chi connectivity index (χ1) is 13.7. The van der Waals surface area contributed by atoms with Crippen molar-refractivity contribution in [3.05, 3.63) is 58.6 Å². The molecule has 3 aromatic rings. The quantitative estimate of drug-likeness (QED) is 0.751. The number of hydrogen-bond donors (Lipinski definition) is 1. The van der Waals surface area contributed by atoms with Crippen LogP contribution in [0.2, 0.25) is 0 Å². The van der Waals surface area contributed by atoms with Crippen molar-refractivity contribution in [1.29, 1.82) is 0 Å². The van der Waals surface area contributed by atoms with Gasteiger partial charge in [0.05, 0.1) is 12.2 Å². The Morgan fingerprint density at radius 2 is 1.96 bits per heavy atom. The summed E-state index contributed by atoms with van der Waals surface area (Å²) in [5.41, 5.74) is 9.19. The largest absolute Gasteiger partial charge is 0.368 e. The van der Waals surface area contributed by atoms with Crippen LogP contribution in [0.25, 0.3) is 0 Å². The van der Waals surface area contributed by atoms with Crippen LogP contribution in [0.1, 0.15) is 41.3 Å². The van der Waals surface area contributed by atoms with E-state index >= 15 is 0 Å². The number of fused-ring (bicyclic) bond motifs is 2. The molecule has 0 saturated carbocycles. The Morgan fingerprint density at radius 3 is 2.86 bits per heavy atom. The van der Waals surface area contributed by atoms with E-state index in [-0.39, 0.29) is 5.82 Å². The normalized spacial score (nSPS) is 16.0. The van der Waals surface area contributed by atoms with Gasteiger partial charge in [0.1, 0.15) is 17.5 Å². The number of nitrogens with zero attached hydrogens (tertiary/aromatic N) is 6. The van der Waals surface area contributed by atoms with Crippen molar-refractivity contribution in [2.24, 2.45) is 0 Å². The number of nitrogens with two attached hydrogens (primary N) is 1. The number of aromatic nitrogens is 5. The molecule has 2 aliphatic rings. The number of halogens is 1. The summed E-state index contributed by atoms with van der Waals surface area (Å²) < 4.78 is 15.6. The van der Waals surface area contributed by atoms with Gasteiger partial charge in [0.2, 0.25) is 5.95 Å². The number of hydrogen-bond acceptors (Lipinski definition) is 6. The summed E-state index contributed by atoms with van der Waals surface area (Å²) in [7, 11) is 0. The van der Waals surface area contributed by atoms with Gasteiger partial charge in [-0.25, -0.2) is 9.37 Å². The smallest absolute Gasteiger partial charge is 0.222 e. The van der Waals surface area contributed by atoms with Gasteiger partial charge in [-0.3, -0.25) is 0 Å². The zero-order valence-electron chi connectivity index (χ0n) is 15.6. The molecule has 7 nitrogen and oxygen atoms in total. The minimum atomic E-state index is -0.229. The molecule has 0 amide bonds. The molecule has 0 bridgehead atoms. The van der Waals surface area contributed by atoms with Gasteiger partial charge in [0, 0.05) is 25.1 Å². The summed E-state index contributed by atoms with van der Waals surface area (Å²) in [5, 5.41) is 8.75. The molecule has 0 fully saturated rings. The first kappa shape index (κ1) is 17.1. The van der Waals surface area contributed by atoms with Gasteiger partial charge in [-0.1, -0.05) is 12.1 Å². The predicted octanol–water partition coefficient (Wildman–Crippen LogP) is 2.28. The van der Waals surface area contributed by atoms with Crippen LogP contribution in [-0.4, -0.2) is 31.3 Å². The van der Waals surface area contributed by atoms with Crippen LogP contribution in [0, 0.1) is 5.82 Å². The Bertz CT molecular complexity index is 1030. The van der Waals surface area contributed by atoms with Crippen molar-refractivity contribution in [3.8, 4) is 0 Å². The molecule has 8 heteroatoms. The van der Waals surface area contributed by atoms with E-state index in [0.717, 1.165) is 67.5 Å². The molecule has 0 spiro atoms. The molecule has 0 atom stereocenters. The molecular formula is C20H22FN7. The van der Waals surface area contributed by atoms with Crippen LogP contribution in [0.3, 0.4) is 0 Å². The van der Waals surface area contributed by atoms with Crippen molar-refractivity contribution >= 4 is 11.8 Å². The maximum atomic E-state index is 13.5. The number of aryl methyl sites for hydroxylation is 1. The van der Waals surface area contributed by atoms with E-state index in [1.165, 1.54) is 11.6 Å². The molecule has 0 radical (unpaired) electrons. The minimum Gasteiger partial charge on any atom is -0.368 e. The molecular weight excluding hydrogens is 357 g/mol. The zero-order valence-corrected chi connectivity index (χ0v) is 15.6. The zero-order chi connectivity index (χ0) is 19.1. The maximum absolute atomic E-state index is 13.5. The second-order valence-electron chi connectivity index (χ2n) is 7.45. The Balaban J connectivity index is 1.41. The van der Waals surface area contributed by atoms with Crippen molar-refractivity contribution in [1.82, 2.24) is 24.7 Å². The minimum absolute atomic E-state index is 0.229. The molecule has 0 saturated heterocycles. The van der Waals surface area contributed by atoms with Crippen LogP contribution < -0.4 is 10.6 Å². The molecule has 1 aliphatic carbocycles. The van der Waals surface area contributed by atoms with Crippen LogP contribution >= 0.6 is 0 Å². The van der Waals surface area contributed by atoms with E-state index in [2.05, 4.69) is 29.6 Å². The van der Waals surface area contributed by atoms with Crippen molar-refractivity contribution < 1.29 is 4.39 Å². The van der Waals surface area contributed by atoms with Crippen molar-refractivity contribution in [2.45, 2.75) is 45.2 Å². The lowest BCUT2D eigenvalue weighted by molar-refractivity contribution is 0.538. The van der Waals surface area contributed by atoms with Gasteiger partial charge in [0.15, 0.2) is 5.82 Å². The lowest BCUT2D eigenvalue weighted by atomic mass is 9.96. The second kappa shape index (κ2) is 6.85. The number of nitrogen functional groups attached to an aromatic ring is 1. The van der Waals surface area contributed by atoms with Crippen LogP contribution in [-0.2, 0) is 32.4 Å². The van der Waals surface area contributed by atoms with Crippen LogP contribution in [0.4, 0.5) is 16.2 Å². The summed E-state index contributed by atoms with van der Waals surface area (Å²) in [6, 6.07) is 6.64. The first-order valence-corrected chi connectivity index (χ1v) is 9.73. The van der Waals surface area contributed by atoms with E-state index in [0.29, 0.717) is 18.9 Å². The van der Waals surface area contributed by atoms with Crippen LogP contribution in [0.15, 0.2) is 24.3 Å². The third-order valence-electron chi connectivity index (χ3n) is 5.56. The predicted molar refractivity (Wildman–Crippen MR) is 103 cm³/mol.